The van der Waals surface area contributed by atoms with Crippen LogP contribution in [0.4, 0.5) is 0 Å². The standard InChI is InChI=1S/C15H22O3/c1-3-15(16)18-12-13(2)17-11-7-10-14-8-5-4-6-9-14/h4-6,8-9,13H,3,7,10-12H2,1-2H3. The molecule has 3 nitrogen and oxygen atoms in total. The van der Waals surface area contributed by atoms with E-state index in [1.165, 1.54) is 5.56 Å². The molecule has 0 saturated heterocycles. The van der Waals surface area contributed by atoms with Crippen LogP contribution in [0.1, 0.15) is 32.3 Å². The number of benzene rings is 1. The number of ether oxygens (including phenoxy) is 2. The minimum absolute atomic E-state index is 0.0312. The van der Waals surface area contributed by atoms with Crippen LogP contribution in [0.25, 0.3) is 0 Å². The lowest BCUT2D eigenvalue weighted by Crippen LogP contribution is -2.19. The molecule has 1 aromatic carbocycles. The Morgan fingerprint density at radius 1 is 1.28 bits per heavy atom. The Balaban J connectivity index is 2.05. The first-order valence-electron chi connectivity index (χ1n) is 6.53. The maximum absolute atomic E-state index is 11.0. The van der Waals surface area contributed by atoms with Gasteiger partial charge in [0.15, 0.2) is 0 Å². The lowest BCUT2D eigenvalue weighted by atomic mass is 10.1. The number of aryl methyl sites for hydroxylation is 1. The van der Waals surface area contributed by atoms with Crippen LogP contribution in [0.3, 0.4) is 0 Å². The fourth-order valence-corrected chi connectivity index (χ4v) is 1.57. The van der Waals surface area contributed by atoms with Gasteiger partial charge in [-0.2, -0.15) is 0 Å². The fraction of sp³-hybridized carbons (Fsp3) is 0.533. The van der Waals surface area contributed by atoms with Gasteiger partial charge in [-0.25, -0.2) is 0 Å². The van der Waals surface area contributed by atoms with Gasteiger partial charge in [-0.15, -0.1) is 0 Å². The quantitative estimate of drug-likeness (QED) is 0.525. The zero-order valence-corrected chi connectivity index (χ0v) is 11.2. The third kappa shape index (κ3) is 6.40. The topological polar surface area (TPSA) is 35.5 Å². The van der Waals surface area contributed by atoms with Crippen LogP contribution < -0.4 is 0 Å². The maximum Gasteiger partial charge on any atom is 0.305 e. The summed E-state index contributed by atoms with van der Waals surface area (Å²) in [6.45, 7) is 4.75. The van der Waals surface area contributed by atoms with Crippen molar-refractivity contribution in [3.63, 3.8) is 0 Å². The largest absolute Gasteiger partial charge is 0.463 e. The molecule has 0 amide bonds. The van der Waals surface area contributed by atoms with Crippen molar-refractivity contribution >= 4 is 5.97 Å². The summed E-state index contributed by atoms with van der Waals surface area (Å²) < 4.78 is 10.6. The molecule has 1 unspecified atom stereocenters. The Morgan fingerprint density at radius 2 is 2.00 bits per heavy atom. The van der Waals surface area contributed by atoms with Crippen molar-refractivity contribution in [2.45, 2.75) is 39.2 Å². The summed E-state index contributed by atoms with van der Waals surface area (Å²) >= 11 is 0. The molecule has 0 aromatic heterocycles. The summed E-state index contributed by atoms with van der Waals surface area (Å²) in [7, 11) is 0. The molecule has 0 aliphatic heterocycles. The van der Waals surface area contributed by atoms with Gasteiger partial charge in [0.05, 0.1) is 6.10 Å². The summed E-state index contributed by atoms with van der Waals surface area (Å²) in [6, 6.07) is 10.3. The average Bonchev–Trinajstić information content (AvgIpc) is 2.42. The number of hydrogen-bond acceptors (Lipinski definition) is 3. The molecule has 0 aliphatic rings. The Bertz CT molecular complexity index is 335. The zero-order valence-electron chi connectivity index (χ0n) is 11.2. The second-order valence-corrected chi connectivity index (χ2v) is 4.31. The van der Waals surface area contributed by atoms with Gasteiger partial charge in [0.1, 0.15) is 6.61 Å². The molecule has 0 aliphatic carbocycles. The van der Waals surface area contributed by atoms with E-state index in [-0.39, 0.29) is 12.1 Å². The van der Waals surface area contributed by atoms with E-state index in [9.17, 15) is 4.79 Å². The van der Waals surface area contributed by atoms with Crippen molar-refractivity contribution in [1.82, 2.24) is 0 Å². The lowest BCUT2D eigenvalue weighted by molar-refractivity contribution is -0.147. The van der Waals surface area contributed by atoms with Gasteiger partial charge in [0.2, 0.25) is 0 Å². The Hall–Kier alpha value is -1.35. The number of carbonyl (C=O) groups is 1. The highest BCUT2D eigenvalue weighted by Crippen LogP contribution is 2.03. The minimum atomic E-state index is -0.172. The van der Waals surface area contributed by atoms with Crippen molar-refractivity contribution in [3.8, 4) is 0 Å². The van der Waals surface area contributed by atoms with Crippen LogP contribution in [0.2, 0.25) is 0 Å². The van der Waals surface area contributed by atoms with Crippen LogP contribution in [0.15, 0.2) is 30.3 Å². The molecule has 0 fully saturated rings. The Morgan fingerprint density at radius 3 is 2.67 bits per heavy atom. The van der Waals surface area contributed by atoms with Gasteiger partial charge >= 0.3 is 5.97 Å². The smallest absolute Gasteiger partial charge is 0.305 e. The molecule has 0 N–H and O–H groups in total. The normalized spacial score (nSPS) is 12.1. The first-order valence-corrected chi connectivity index (χ1v) is 6.53. The predicted octanol–water partition coefficient (Wildman–Crippen LogP) is 2.98. The monoisotopic (exact) mass is 250 g/mol. The molecule has 0 heterocycles. The van der Waals surface area contributed by atoms with Crippen molar-refractivity contribution < 1.29 is 14.3 Å². The lowest BCUT2D eigenvalue weighted by Gasteiger charge is -2.13. The van der Waals surface area contributed by atoms with E-state index in [0.717, 1.165) is 12.8 Å². The highest BCUT2D eigenvalue weighted by Gasteiger charge is 2.05. The second-order valence-electron chi connectivity index (χ2n) is 4.31. The number of carbonyl (C=O) groups excluding carboxylic acids is 1. The molecular weight excluding hydrogens is 228 g/mol. The van der Waals surface area contributed by atoms with Crippen LogP contribution in [-0.2, 0) is 20.7 Å². The summed E-state index contributed by atoms with van der Waals surface area (Å²) in [5, 5.41) is 0. The van der Waals surface area contributed by atoms with E-state index in [2.05, 4.69) is 12.1 Å². The number of rotatable bonds is 8. The fourth-order valence-electron chi connectivity index (χ4n) is 1.57. The first-order chi connectivity index (χ1) is 8.72. The van der Waals surface area contributed by atoms with E-state index in [0.29, 0.717) is 19.6 Å². The summed E-state index contributed by atoms with van der Waals surface area (Å²) in [4.78, 5) is 11.0. The minimum Gasteiger partial charge on any atom is -0.463 e. The third-order valence-electron chi connectivity index (χ3n) is 2.62. The first kappa shape index (κ1) is 14.7. The van der Waals surface area contributed by atoms with Crippen molar-refractivity contribution in [2.24, 2.45) is 0 Å². The Kier molecular flexibility index (Phi) is 7.11. The summed E-state index contributed by atoms with van der Waals surface area (Å²) in [6.07, 6.45) is 2.38. The molecule has 0 spiro atoms. The third-order valence-corrected chi connectivity index (χ3v) is 2.62. The van der Waals surface area contributed by atoms with Crippen molar-refractivity contribution in [1.29, 1.82) is 0 Å². The predicted molar refractivity (Wildman–Crippen MR) is 71.4 cm³/mol. The molecule has 0 saturated carbocycles. The van der Waals surface area contributed by atoms with E-state index < -0.39 is 0 Å². The molecule has 3 heteroatoms. The highest BCUT2D eigenvalue weighted by molar-refractivity contribution is 5.68. The molecule has 1 rings (SSSR count). The molecule has 0 bridgehead atoms. The van der Waals surface area contributed by atoms with Gasteiger partial charge in [-0.1, -0.05) is 37.3 Å². The van der Waals surface area contributed by atoms with Crippen molar-refractivity contribution in [3.05, 3.63) is 35.9 Å². The van der Waals surface area contributed by atoms with E-state index in [4.69, 9.17) is 9.47 Å². The number of hydrogen-bond donors (Lipinski definition) is 0. The van der Waals surface area contributed by atoms with Crippen LogP contribution >= 0.6 is 0 Å². The zero-order chi connectivity index (χ0) is 13.2. The van der Waals surface area contributed by atoms with Gasteiger partial charge < -0.3 is 9.47 Å². The van der Waals surface area contributed by atoms with Crippen molar-refractivity contribution in [2.75, 3.05) is 13.2 Å². The van der Waals surface area contributed by atoms with E-state index in [1.807, 2.05) is 25.1 Å². The Labute approximate surface area is 109 Å². The van der Waals surface area contributed by atoms with Gasteiger partial charge in [0.25, 0.3) is 0 Å². The summed E-state index contributed by atoms with van der Waals surface area (Å²) in [5.41, 5.74) is 1.33. The van der Waals surface area contributed by atoms with E-state index in [1.54, 1.807) is 6.92 Å². The molecule has 18 heavy (non-hydrogen) atoms. The maximum atomic E-state index is 11.0. The van der Waals surface area contributed by atoms with Crippen LogP contribution in [0, 0.1) is 0 Å². The van der Waals surface area contributed by atoms with Gasteiger partial charge in [-0.3, -0.25) is 4.79 Å². The second kappa shape index (κ2) is 8.70. The number of esters is 1. The highest BCUT2D eigenvalue weighted by atomic mass is 16.6. The molecular formula is C15H22O3. The molecule has 1 atom stereocenters. The molecule has 100 valence electrons. The van der Waals surface area contributed by atoms with Gasteiger partial charge in [0, 0.05) is 13.0 Å². The van der Waals surface area contributed by atoms with Gasteiger partial charge in [-0.05, 0) is 25.3 Å². The SMILES string of the molecule is CCC(=O)OCC(C)OCCCc1ccccc1. The van der Waals surface area contributed by atoms with E-state index >= 15 is 0 Å². The molecule has 0 radical (unpaired) electrons. The molecule has 1 aromatic rings. The van der Waals surface area contributed by atoms with Crippen LogP contribution in [-0.4, -0.2) is 25.3 Å². The summed E-state index contributed by atoms with van der Waals surface area (Å²) in [5.74, 6) is -0.172. The average molecular weight is 250 g/mol. The van der Waals surface area contributed by atoms with Crippen LogP contribution in [0.5, 0.6) is 0 Å².